The molecule has 8 heteroatoms. The average molecular weight is 474 g/mol. The highest BCUT2D eigenvalue weighted by Gasteiger charge is 2.40. The van der Waals surface area contributed by atoms with Gasteiger partial charge >= 0.3 is 0 Å². The third kappa shape index (κ3) is 6.05. The summed E-state index contributed by atoms with van der Waals surface area (Å²) in [6.07, 6.45) is 3.93. The first-order valence-electron chi connectivity index (χ1n) is 11.9. The zero-order valence-electron chi connectivity index (χ0n) is 19.8. The number of morpholine rings is 1. The summed E-state index contributed by atoms with van der Waals surface area (Å²) >= 11 is 1.51. The minimum absolute atomic E-state index is 0.0168. The summed E-state index contributed by atoms with van der Waals surface area (Å²) in [7, 11) is 0. The van der Waals surface area contributed by atoms with Gasteiger partial charge < -0.3 is 19.4 Å². The van der Waals surface area contributed by atoms with Gasteiger partial charge in [-0.1, -0.05) is 18.9 Å². The Morgan fingerprint density at radius 2 is 1.91 bits per heavy atom. The van der Waals surface area contributed by atoms with Crippen molar-refractivity contribution in [2.45, 2.75) is 70.6 Å². The van der Waals surface area contributed by atoms with Crippen molar-refractivity contribution in [3.05, 3.63) is 46.0 Å². The van der Waals surface area contributed by atoms with Gasteiger partial charge in [0.1, 0.15) is 11.8 Å². The summed E-state index contributed by atoms with van der Waals surface area (Å²) in [6, 6.07) is 6.86. The second-order valence-corrected chi connectivity index (χ2v) is 10.9. The Bertz CT molecular complexity index is 922. The van der Waals surface area contributed by atoms with Crippen LogP contribution in [0.15, 0.2) is 34.1 Å². The highest BCUT2D eigenvalue weighted by Crippen LogP contribution is 2.35. The van der Waals surface area contributed by atoms with Crippen LogP contribution in [0.3, 0.4) is 0 Å². The van der Waals surface area contributed by atoms with Crippen LogP contribution in [0, 0.1) is 0 Å². The van der Waals surface area contributed by atoms with Crippen molar-refractivity contribution in [2.24, 2.45) is 0 Å². The van der Waals surface area contributed by atoms with Crippen LogP contribution in [0.25, 0.3) is 0 Å². The highest BCUT2D eigenvalue weighted by atomic mass is 32.1. The Morgan fingerprint density at radius 3 is 2.55 bits per heavy atom. The predicted octanol–water partition coefficient (Wildman–Crippen LogP) is 4.21. The number of carbonyl (C=O) groups is 2. The second kappa shape index (κ2) is 10.4. The third-order valence-electron chi connectivity index (χ3n) is 6.15. The van der Waals surface area contributed by atoms with E-state index in [-0.39, 0.29) is 17.9 Å². The van der Waals surface area contributed by atoms with Crippen LogP contribution in [0.4, 0.5) is 0 Å². The largest absolute Gasteiger partial charge is 0.455 e. The van der Waals surface area contributed by atoms with E-state index in [1.165, 1.54) is 11.3 Å². The number of ether oxygens (including phenoxy) is 1. The zero-order valence-corrected chi connectivity index (χ0v) is 20.7. The molecule has 0 aromatic carbocycles. The van der Waals surface area contributed by atoms with Crippen molar-refractivity contribution >= 4 is 23.2 Å². The molecule has 0 radical (unpaired) electrons. The number of hydrogen-bond donors (Lipinski definition) is 1. The molecule has 180 valence electrons. The lowest BCUT2D eigenvalue weighted by molar-refractivity contribution is -0.128. The Morgan fingerprint density at radius 1 is 1.18 bits per heavy atom. The van der Waals surface area contributed by atoms with Crippen molar-refractivity contribution in [1.82, 2.24) is 15.1 Å². The van der Waals surface area contributed by atoms with Gasteiger partial charge in [-0.3, -0.25) is 14.5 Å². The molecule has 1 saturated carbocycles. The van der Waals surface area contributed by atoms with E-state index in [4.69, 9.17) is 9.15 Å². The summed E-state index contributed by atoms with van der Waals surface area (Å²) in [4.78, 5) is 32.3. The number of nitrogens with zero attached hydrogens (tertiary/aromatic N) is 2. The maximum Gasteiger partial charge on any atom is 0.290 e. The molecule has 1 unspecified atom stereocenters. The van der Waals surface area contributed by atoms with E-state index in [9.17, 15) is 9.59 Å². The number of nitrogens with one attached hydrogen (secondary N) is 1. The van der Waals surface area contributed by atoms with Gasteiger partial charge in [-0.2, -0.15) is 0 Å². The van der Waals surface area contributed by atoms with Crippen molar-refractivity contribution < 1.29 is 18.7 Å². The molecular formula is C25H35N3O4S. The van der Waals surface area contributed by atoms with Crippen LogP contribution in [-0.4, -0.2) is 59.5 Å². The van der Waals surface area contributed by atoms with E-state index < -0.39 is 11.6 Å². The fraction of sp³-hybridized carbons (Fsp3) is 0.600. The van der Waals surface area contributed by atoms with Crippen LogP contribution < -0.4 is 5.32 Å². The molecule has 2 aromatic heterocycles. The monoisotopic (exact) mass is 473 g/mol. The van der Waals surface area contributed by atoms with Crippen molar-refractivity contribution in [3.8, 4) is 0 Å². The van der Waals surface area contributed by atoms with Gasteiger partial charge in [0.2, 0.25) is 5.91 Å². The lowest BCUT2D eigenvalue weighted by Gasteiger charge is -2.36. The van der Waals surface area contributed by atoms with Gasteiger partial charge in [0.25, 0.3) is 5.91 Å². The lowest BCUT2D eigenvalue weighted by atomic mass is 10.0. The quantitative estimate of drug-likeness (QED) is 0.652. The highest BCUT2D eigenvalue weighted by molar-refractivity contribution is 7.10. The minimum atomic E-state index is -0.674. The second-order valence-electron chi connectivity index (χ2n) is 9.96. The van der Waals surface area contributed by atoms with Crippen LogP contribution in [0.5, 0.6) is 0 Å². The molecule has 4 rings (SSSR count). The summed E-state index contributed by atoms with van der Waals surface area (Å²) < 4.78 is 11.5. The SMILES string of the molecule is CC(C)(C)NC(=O)C(c1cccs1)N(C(=O)c1ccc(CN2CCOCC2)o1)C1CCCC1. The van der Waals surface area contributed by atoms with Gasteiger partial charge in [0.05, 0.1) is 19.8 Å². The molecule has 2 aromatic rings. The normalized spacial score (nSPS) is 18.9. The molecule has 2 aliphatic rings. The molecule has 0 spiro atoms. The van der Waals surface area contributed by atoms with E-state index >= 15 is 0 Å². The summed E-state index contributed by atoms with van der Waals surface area (Å²) in [5, 5.41) is 5.06. The number of rotatable bonds is 7. The van der Waals surface area contributed by atoms with E-state index in [1.807, 2.05) is 44.4 Å². The molecule has 2 amide bonds. The third-order valence-corrected chi connectivity index (χ3v) is 7.07. The fourth-order valence-corrected chi connectivity index (χ4v) is 5.46. The smallest absolute Gasteiger partial charge is 0.290 e. The Hall–Kier alpha value is -2.16. The molecule has 3 heterocycles. The molecule has 0 bridgehead atoms. The van der Waals surface area contributed by atoms with Crippen LogP contribution in [0.2, 0.25) is 0 Å². The van der Waals surface area contributed by atoms with Crippen LogP contribution in [0.1, 0.15) is 73.7 Å². The first-order valence-corrected chi connectivity index (χ1v) is 12.8. The zero-order chi connectivity index (χ0) is 23.4. The van der Waals surface area contributed by atoms with E-state index in [1.54, 1.807) is 11.0 Å². The first kappa shape index (κ1) is 24.0. The molecule has 2 fully saturated rings. The van der Waals surface area contributed by atoms with Gasteiger partial charge in [0, 0.05) is 29.5 Å². The number of thiophene rings is 1. The van der Waals surface area contributed by atoms with E-state index in [0.29, 0.717) is 25.5 Å². The summed E-state index contributed by atoms with van der Waals surface area (Å²) in [5.74, 6) is 0.705. The Balaban J connectivity index is 1.61. The molecule has 7 nitrogen and oxygen atoms in total. The maximum absolute atomic E-state index is 13.9. The van der Waals surface area contributed by atoms with Crippen LogP contribution in [-0.2, 0) is 16.1 Å². The first-order chi connectivity index (χ1) is 15.8. The van der Waals surface area contributed by atoms with E-state index in [2.05, 4.69) is 10.2 Å². The Kier molecular flexibility index (Phi) is 7.56. The average Bonchev–Trinajstić information content (AvgIpc) is 3.53. The van der Waals surface area contributed by atoms with Crippen molar-refractivity contribution in [2.75, 3.05) is 26.3 Å². The topological polar surface area (TPSA) is 75.0 Å². The number of hydrogen-bond acceptors (Lipinski definition) is 6. The molecule has 1 saturated heterocycles. The maximum atomic E-state index is 13.9. The molecule has 1 aliphatic heterocycles. The molecule has 1 aliphatic carbocycles. The summed E-state index contributed by atoms with van der Waals surface area (Å²) in [5.41, 5.74) is -0.396. The number of amides is 2. The van der Waals surface area contributed by atoms with E-state index in [0.717, 1.165) is 49.4 Å². The number of furan rings is 1. The fourth-order valence-electron chi connectivity index (χ4n) is 4.64. The molecular weight excluding hydrogens is 438 g/mol. The van der Waals surface area contributed by atoms with Crippen molar-refractivity contribution in [3.63, 3.8) is 0 Å². The Labute approximate surface area is 200 Å². The molecule has 33 heavy (non-hydrogen) atoms. The van der Waals surface area contributed by atoms with Crippen molar-refractivity contribution in [1.29, 1.82) is 0 Å². The van der Waals surface area contributed by atoms with Gasteiger partial charge in [-0.15, -0.1) is 11.3 Å². The lowest BCUT2D eigenvalue weighted by Crippen LogP contribution is -2.51. The minimum Gasteiger partial charge on any atom is -0.455 e. The summed E-state index contributed by atoms with van der Waals surface area (Å²) in [6.45, 7) is 9.67. The molecule has 1 N–H and O–H groups in total. The van der Waals surface area contributed by atoms with Gasteiger partial charge in [-0.25, -0.2) is 0 Å². The van der Waals surface area contributed by atoms with Crippen LogP contribution >= 0.6 is 11.3 Å². The molecule has 1 atom stereocenters. The number of carbonyl (C=O) groups excluding carboxylic acids is 2. The predicted molar refractivity (Wildman–Crippen MR) is 128 cm³/mol. The van der Waals surface area contributed by atoms with Gasteiger partial charge in [-0.05, 0) is 57.2 Å². The standard InChI is InChI=1S/C25H35N3O4S/c1-25(2,3)26-23(29)22(21-9-6-16-33-21)28(18-7-4-5-8-18)24(30)20-11-10-19(32-20)17-27-12-14-31-15-13-27/h6,9-11,16,18,22H,4-5,7-8,12-15,17H2,1-3H3,(H,26,29). The van der Waals surface area contributed by atoms with Gasteiger partial charge in [0.15, 0.2) is 5.76 Å².